The Bertz CT molecular complexity index is 540. The lowest BCUT2D eigenvalue weighted by atomic mass is 9.93. The Morgan fingerprint density at radius 2 is 1.77 bits per heavy atom. The molecule has 7 heteroatoms. The predicted octanol–water partition coefficient (Wildman–Crippen LogP) is 1.85. The molecular weight excluding hydrogens is 324 g/mol. The molecule has 0 spiro atoms. The molecule has 0 amide bonds. The summed E-state index contributed by atoms with van der Waals surface area (Å²) in [7, 11) is -1.79. The Hall–Kier alpha value is -0.660. The highest BCUT2D eigenvalue weighted by Crippen LogP contribution is 2.19. The SMILES string of the molecule is COCCc1ccc(S(=O)(=O)NC2CCC(N)CC2)cc1.Cl. The van der Waals surface area contributed by atoms with Crippen molar-refractivity contribution in [2.45, 2.75) is 49.1 Å². The van der Waals surface area contributed by atoms with E-state index in [4.69, 9.17) is 10.5 Å². The van der Waals surface area contributed by atoms with Crippen molar-refractivity contribution in [2.24, 2.45) is 5.73 Å². The maximum absolute atomic E-state index is 12.3. The number of halogens is 1. The van der Waals surface area contributed by atoms with Crippen LogP contribution in [0.2, 0.25) is 0 Å². The van der Waals surface area contributed by atoms with Gasteiger partial charge in [-0.25, -0.2) is 13.1 Å². The molecule has 3 N–H and O–H groups in total. The van der Waals surface area contributed by atoms with Crippen LogP contribution in [0.5, 0.6) is 0 Å². The second-order valence-corrected chi connectivity index (χ2v) is 7.33. The summed E-state index contributed by atoms with van der Waals surface area (Å²) in [5.41, 5.74) is 6.91. The number of benzene rings is 1. The van der Waals surface area contributed by atoms with E-state index in [1.807, 2.05) is 12.1 Å². The Kier molecular flexibility index (Phi) is 7.79. The summed E-state index contributed by atoms with van der Waals surface area (Å²) in [6.07, 6.45) is 4.16. The van der Waals surface area contributed by atoms with Gasteiger partial charge in [0.2, 0.25) is 10.0 Å². The average Bonchev–Trinajstić information content (AvgIpc) is 2.48. The van der Waals surface area contributed by atoms with Crippen molar-refractivity contribution in [2.75, 3.05) is 13.7 Å². The molecule has 1 saturated carbocycles. The average molecular weight is 349 g/mol. The molecule has 0 saturated heterocycles. The minimum atomic E-state index is -3.44. The first kappa shape index (κ1) is 19.4. The number of sulfonamides is 1. The fraction of sp³-hybridized carbons (Fsp3) is 0.600. The zero-order chi connectivity index (χ0) is 15.3. The highest BCUT2D eigenvalue weighted by molar-refractivity contribution is 7.89. The third-order valence-corrected chi connectivity index (χ3v) is 5.46. The molecule has 1 aliphatic rings. The van der Waals surface area contributed by atoms with Gasteiger partial charge in [-0.2, -0.15) is 0 Å². The third kappa shape index (κ3) is 5.52. The molecule has 0 atom stereocenters. The number of methoxy groups -OCH3 is 1. The lowest BCUT2D eigenvalue weighted by molar-refractivity contribution is 0.202. The molecule has 1 aromatic rings. The van der Waals surface area contributed by atoms with Crippen molar-refractivity contribution in [3.05, 3.63) is 29.8 Å². The van der Waals surface area contributed by atoms with E-state index in [9.17, 15) is 8.42 Å². The minimum Gasteiger partial charge on any atom is -0.384 e. The van der Waals surface area contributed by atoms with Crippen molar-refractivity contribution in [1.29, 1.82) is 0 Å². The second kappa shape index (κ2) is 8.84. The first-order valence-electron chi connectivity index (χ1n) is 7.37. The van der Waals surface area contributed by atoms with Gasteiger partial charge in [0.1, 0.15) is 0 Å². The zero-order valence-corrected chi connectivity index (χ0v) is 14.5. The fourth-order valence-electron chi connectivity index (χ4n) is 2.58. The predicted molar refractivity (Wildman–Crippen MR) is 89.8 cm³/mol. The van der Waals surface area contributed by atoms with Gasteiger partial charge in [0.05, 0.1) is 11.5 Å². The Labute approximate surface area is 139 Å². The molecule has 0 aliphatic heterocycles. The maximum Gasteiger partial charge on any atom is 0.240 e. The molecular formula is C15H25ClN2O3S. The van der Waals surface area contributed by atoms with Crippen molar-refractivity contribution < 1.29 is 13.2 Å². The molecule has 126 valence electrons. The third-order valence-electron chi connectivity index (χ3n) is 3.92. The lowest BCUT2D eigenvalue weighted by Crippen LogP contribution is -2.40. The van der Waals surface area contributed by atoms with Crippen molar-refractivity contribution in [1.82, 2.24) is 4.72 Å². The standard InChI is InChI=1S/C15H24N2O3S.ClH/c1-20-11-10-12-2-8-15(9-3-12)21(18,19)17-14-6-4-13(16)5-7-14;/h2-3,8-9,13-14,17H,4-7,10-11,16H2,1H3;1H. The maximum atomic E-state index is 12.3. The first-order valence-corrected chi connectivity index (χ1v) is 8.85. The van der Waals surface area contributed by atoms with Gasteiger partial charge in [-0.05, 0) is 49.8 Å². The lowest BCUT2D eigenvalue weighted by Gasteiger charge is -2.26. The van der Waals surface area contributed by atoms with E-state index in [0.29, 0.717) is 11.5 Å². The molecule has 0 aromatic heterocycles. The van der Waals surface area contributed by atoms with Crippen LogP contribution >= 0.6 is 12.4 Å². The number of ether oxygens (including phenoxy) is 1. The van der Waals surface area contributed by atoms with Crippen LogP contribution in [0.4, 0.5) is 0 Å². The van der Waals surface area contributed by atoms with Gasteiger partial charge in [-0.1, -0.05) is 12.1 Å². The molecule has 2 rings (SSSR count). The first-order chi connectivity index (χ1) is 10.0. The monoisotopic (exact) mass is 348 g/mol. The van der Waals surface area contributed by atoms with Gasteiger partial charge in [-0.3, -0.25) is 0 Å². The smallest absolute Gasteiger partial charge is 0.240 e. The van der Waals surface area contributed by atoms with Gasteiger partial charge in [-0.15, -0.1) is 12.4 Å². The Morgan fingerprint density at radius 3 is 2.32 bits per heavy atom. The van der Waals surface area contributed by atoms with Crippen LogP contribution in [-0.4, -0.2) is 34.2 Å². The van der Waals surface area contributed by atoms with Crippen LogP contribution in [0.3, 0.4) is 0 Å². The zero-order valence-electron chi connectivity index (χ0n) is 12.8. The number of rotatable bonds is 6. The quantitative estimate of drug-likeness (QED) is 0.822. The molecule has 1 aromatic carbocycles. The summed E-state index contributed by atoms with van der Waals surface area (Å²) in [6, 6.07) is 7.20. The normalized spacial score (nSPS) is 22.1. The van der Waals surface area contributed by atoms with Crippen molar-refractivity contribution in [3.63, 3.8) is 0 Å². The minimum absolute atomic E-state index is 0. The van der Waals surface area contributed by atoms with Crippen LogP contribution < -0.4 is 10.5 Å². The van der Waals surface area contributed by atoms with E-state index in [-0.39, 0.29) is 24.5 Å². The van der Waals surface area contributed by atoms with E-state index in [1.165, 1.54) is 0 Å². The number of hydrogen-bond acceptors (Lipinski definition) is 4. The summed E-state index contributed by atoms with van der Waals surface area (Å²) in [5, 5.41) is 0. The fourth-order valence-corrected chi connectivity index (χ4v) is 3.88. The van der Waals surface area contributed by atoms with Crippen molar-refractivity contribution in [3.8, 4) is 0 Å². The van der Waals surface area contributed by atoms with Crippen LogP contribution in [0.15, 0.2) is 29.2 Å². The van der Waals surface area contributed by atoms with E-state index in [0.717, 1.165) is 37.7 Å². The molecule has 0 bridgehead atoms. The molecule has 0 radical (unpaired) electrons. The molecule has 0 unspecified atom stereocenters. The van der Waals surface area contributed by atoms with E-state index in [1.54, 1.807) is 19.2 Å². The summed E-state index contributed by atoms with van der Waals surface area (Å²) >= 11 is 0. The van der Waals surface area contributed by atoms with Gasteiger partial charge in [0.15, 0.2) is 0 Å². The van der Waals surface area contributed by atoms with Crippen LogP contribution in [-0.2, 0) is 21.2 Å². The summed E-state index contributed by atoms with van der Waals surface area (Å²) in [5.74, 6) is 0. The van der Waals surface area contributed by atoms with E-state index in [2.05, 4.69) is 4.72 Å². The summed E-state index contributed by atoms with van der Waals surface area (Å²) < 4.78 is 32.5. The van der Waals surface area contributed by atoms with Gasteiger partial charge < -0.3 is 10.5 Å². The second-order valence-electron chi connectivity index (χ2n) is 5.62. The van der Waals surface area contributed by atoms with Gasteiger partial charge in [0, 0.05) is 19.2 Å². The van der Waals surface area contributed by atoms with E-state index < -0.39 is 10.0 Å². The highest BCUT2D eigenvalue weighted by atomic mass is 35.5. The molecule has 22 heavy (non-hydrogen) atoms. The molecule has 0 heterocycles. The molecule has 5 nitrogen and oxygen atoms in total. The Balaban J connectivity index is 0.00000242. The molecule has 1 aliphatic carbocycles. The Morgan fingerprint density at radius 1 is 1.18 bits per heavy atom. The van der Waals surface area contributed by atoms with Crippen molar-refractivity contribution >= 4 is 22.4 Å². The van der Waals surface area contributed by atoms with Crippen LogP contribution in [0.25, 0.3) is 0 Å². The van der Waals surface area contributed by atoms with E-state index >= 15 is 0 Å². The molecule has 1 fully saturated rings. The summed E-state index contributed by atoms with van der Waals surface area (Å²) in [6.45, 7) is 0.632. The number of nitrogens with one attached hydrogen (secondary N) is 1. The topological polar surface area (TPSA) is 81.4 Å². The largest absolute Gasteiger partial charge is 0.384 e. The van der Waals surface area contributed by atoms with Crippen LogP contribution in [0.1, 0.15) is 31.2 Å². The summed E-state index contributed by atoms with van der Waals surface area (Å²) in [4.78, 5) is 0.318. The van der Waals surface area contributed by atoms with Gasteiger partial charge >= 0.3 is 0 Å². The number of hydrogen-bond donors (Lipinski definition) is 2. The number of nitrogens with two attached hydrogens (primary N) is 1. The highest BCUT2D eigenvalue weighted by Gasteiger charge is 2.24. The van der Waals surface area contributed by atoms with Gasteiger partial charge in [0.25, 0.3) is 0 Å². The van der Waals surface area contributed by atoms with Crippen LogP contribution in [0, 0.1) is 0 Å².